The highest BCUT2D eigenvalue weighted by molar-refractivity contribution is 5.87. The first kappa shape index (κ1) is 14.0. The van der Waals surface area contributed by atoms with Gasteiger partial charge < -0.3 is 10.4 Å². The number of carboxylic acids is 1. The standard InChI is InChI=1S/C13H23NO3/c1-3-7-10(11(15)16)14-12(17)13(2)8-5-4-6-9-13/h10H,3-9H2,1-2H3,(H,14,17)(H,15,16). The van der Waals surface area contributed by atoms with Gasteiger partial charge in [-0.2, -0.15) is 0 Å². The Bertz CT molecular complexity index is 282. The number of rotatable bonds is 5. The van der Waals surface area contributed by atoms with Gasteiger partial charge in [0.2, 0.25) is 5.91 Å². The normalized spacial score (nSPS) is 20.6. The largest absolute Gasteiger partial charge is 0.480 e. The second-order valence-electron chi connectivity index (χ2n) is 5.27. The van der Waals surface area contributed by atoms with E-state index in [0.29, 0.717) is 6.42 Å². The second kappa shape index (κ2) is 6.03. The first-order valence-corrected chi connectivity index (χ1v) is 6.53. The fourth-order valence-corrected chi connectivity index (χ4v) is 2.44. The summed E-state index contributed by atoms with van der Waals surface area (Å²) in [5.41, 5.74) is -0.361. The highest BCUT2D eigenvalue weighted by Crippen LogP contribution is 2.35. The van der Waals surface area contributed by atoms with Crippen LogP contribution in [0.25, 0.3) is 0 Å². The van der Waals surface area contributed by atoms with Crippen molar-refractivity contribution in [2.24, 2.45) is 5.41 Å². The van der Waals surface area contributed by atoms with E-state index in [-0.39, 0.29) is 11.3 Å². The maximum atomic E-state index is 12.1. The minimum absolute atomic E-state index is 0.0851. The summed E-state index contributed by atoms with van der Waals surface area (Å²) in [6, 6.07) is -0.730. The van der Waals surface area contributed by atoms with Gasteiger partial charge in [0.05, 0.1) is 0 Å². The number of carboxylic acid groups (broad SMARTS) is 1. The highest BCUT2D eigenvalue weighted by Gasteiger charge is 2.36. The van der Waals surface area contributed by atoms with Crippen molar-refractivity contribution in [3.05, 3.63) is 0 Å². The van der Waals surface area contributed by atoms with Crippen molar-refractivity contribution in [2.75, 3.05) is 0 Å². The van der Waals surface area contributed by atoms with Gasteiger partial charge in [0, 0.05) is 5.41 Å². The van der Waals surface area contributed by atoms with Crippen LogP contribution < -0.4 is 5.32 Å². The predicted octanol–water partition coefficient (Wildman–Crippen LogP) is 2.33. The monoisotopic (exact) mass is 241 g/mol. The molecule has 4 nitrogen and oxygen atoms in total. The minimum atomic E-state index is -0.931. The lowest BCUT2D eigenvalue weighted by molar-refractivity contribution is -0.144. The van der Waals surface area contributed by atoms with Gasteiger partial charge in [-0.15, -0.1) is 0 Å². The summed E-state index contributed by atoms with van der Waals surface area (Å²) >= 11 is 0. The molecule has 1 rings (SSSR count). The Kier molecular flexibility index (Phi) is 4.97. The van der Waals surface area contributed by atoms with Gasteiger partial charge in [-0.1, -0.05) is 39.5 Å². The fourth-order valence-electron chi connectivity index (χ4n) is 2.44. The Labute approximate surface area is 103 Å². The average molecular weight is 241 g/mol. The highest BCUT2D eigenvalue weighted by atomic mass is 16.4. The van der Waals surface area contributed by atoms with Crippen LogP contribution in [0.3, 0.4) is 0 Å². The lowest BCUT2D eigenvalue weighted by Crippen LogP contribution is -2.48. The number of amides is 1. The molecule has 0 spiro atoms. The van der Waals surface area contributed by atoms with Crippen molar-refractivity contribution in [1.29, 1.82) is 0 Å². The zero-order chi connectivity index (χ0) is 12.9. The molecule has 0 bridgehead atoms. The molecule has 1 unspecified atom stereocenters. The Morgan fingerprint density at radius 1 is 1.29 bits per heavy atom. The SMILES string of the molecule is CCCC(NC(=O)C1(C)CCCCC1)C(=O)O. The topological polar surface area (TPSA) is 66.4 Å². The van der Waals surface area contributed by atoms with E-state index < -0.39 is 12.0 Å². The molecular formula is C13H23NO3. The van der Waals surface area contributed by atoms with Crippen LogP contribution in [0.15, 0.2) is 0 Å². The van der Waals surface area contributed by atoms with Gasteiger partial charge in [0.15, 0.2) is 0 Å². The van der Waals surface area contributed by atoms with Crippen molar-refractivity contribution in [2.45, 2.75) is 64.8 Å². The molecular weight excluding hydrogens is 218 g/mol. The van der Waals surface area contributed by atoms with Crippen LogP contribution in [0.4, 0.5) is 0 Å². The fraction of sp³-hybridized carbons (Fsp3) is 0.846. The van der Waals surface area contributed by atoms with Crippen LogP contribution in [0.2, 0.25) is 0 Å². The van der Waals surface area contributed by atoms with E-state index in [2.05, 4.69) is 5.32 Å². The van der Waals surface area contributed by atoms with E-state index in [0.717, 1.165) is 32.1 Å². The van der Waals surface area contributed by atoms with Gasteiger partial charge in [0.25, 0.3) is 0 Å². The molecule has 1 saturated carbocycles. The molecule has 98 valence electrons. The summed E-state index contributed by atoms with van der Waals surface area (Å²) in [6.45, 7) is 3.87. The van der Waals surface area contributed by atoms with Crippen LogP contribution in [0.1, 0.15) is 58.8 Å². The molecule has 2 N–H and O–H groups in total. The number of aliphatic carboxylic acids is 1. The maximum absolute atomic E-state index is 12.1. The Morgan fingerprint density at radius 3 is 2.35 bits per heavy atom. The van der Waals surface area contributed by atoms with Gasteiger partial charge in [-0.3, -0.25) is 4.79 Å². The zero-order valence-electron chi connectivity index (χ0n) is 10.8. The van der Waals surface area contributed by atoms with Crippen molar-refractivity contribution >= 4 is 11.9 Å². The molecule has 0 aromatic heterocycles. The molecule has 0 saturated heterocycles. The molecule has 1 aliphatic carbocycles. The average Bonchev–Trinajstić information content (AvgIpc) is 2.29. The van der Waals surface area contributed by atoms with E-state index in [1.54, 1.807) is 0 Å². The van der Waals surface area contributed by atoms with Crippen LogP contribution in [0.5, 0.6) is 0 Å². The third-order valence-corrected chi connectivity index (χ3v) is 3.69. The molecule has 0 heterocycles. The van der Waals surface area contributed by atoms with Gasteiger partial charge in [-0.25, -0.2) is 4.79 Å². The Balaban J connectivity index is 2.59. The second-order valence-corrected chi connectivity index (χ2v) is 5.27. The molecule has 1 fully saturated rings. The molecule has 17 heavy (non-hydrogen) atoms. The number of nitrogens with one attached hydrogen (secondary N) is 1. The Hall–Kier alpha value is -1.06. The smallest absolute Gasteiger partial charge is 0.326 e. The first-order valence-electron chi connectivity index (χ1n) is 6.53. The van der Waals surface area contributed by atoms with Gasteiger partial charge in [0.1, 0.15) is 6.04 Å². The molecule has 0 aromatic rings. The molecule has 0 aromatic carbocycles. The maximum Gasteiger partial charge on any atom is 0.326 e. The summed E-state index contributed by atoms with van der Waals surface area (Å²) in [7, 11) is 0. The summed E-state index contributed by atoms with van der Waals surface area (Å²) in [5, 5.41) is 11.7. The minimum Gasteiger partial charge on any atom is -0.480 e. The van der Waals surface area contributed by atoms with E-state index in [1.807, 2.05) is 13.8 Å². The van der Waals surface area contributed by atoms with E-state index in [1.165, 1.54) is 6.42 Å². The molecule has 1 aliphatic rings. The van der Waals surface area contributed by atoms with E-state index >= 15 is 0 Å². The van der Waals surface area contributed by atoms with E-state index in [4.69, 9.17) is 5.11 Å². The van der Waals surface area contributed by atoms with Crippen LogP contribution in [-0.4, -0.2) is 23.0 Å². The zero-order valence-corrected chi connectivity index (χ0v) is 10.8. The van der Waals surface area contributed by atoms with Crippen molar-refractivity contribution in [3.63, 3.8) is 0 Å². The quantitative estimate of drug-likeness (QED) is 0.776. The lowest BCUT2D eigenvalue weighted by atomic mass is 9.75. The lowest BCUT2D eigenvalue weighted by Gasteiger charge is -2.33. The summed E-state index contributed by atoms with van der Waals surface area (Å²) < 4.78 is 0. The molecule has 0 radical (unpaired) electrons. The van der Waals surface area contributed by atoms with Crippen molar-refractivity contribution in [1.82, 2.24) is 5.32 Å². The number of hydrogen-bond acceptors (Lipinski definition) is 2. The molecule has 0 aliphatic heterocycles. The molecule has 1 amide bonds. The number of carbonyl (C=O) groups is 2. The molecule has 1 atom stereocenters. The first-order chi connectivity index (χ1) is 7.99. The van der Waals surface area contributed by atoms with Gasteiger partial charge >= 0.3 is 5.97 Å². The van der Waals surface area contributed by atoms with E-state index in [9.17, 15) is 9.59 Å². The molecule has 4 heteroatoms. The van der Waals surface area contributed by atoms with Crippen LogP contribution in [0, 0.1) is 5.41 Å². The number of carbonyl (C=O) groups excluding carboxylic acids is 1. The third kappa shape index (κ3) is 3.72. The van der Waals surface area contributed by atoms with Crippen molar-refractivity contribution in [3.8, 4) is 0 Å². The summed E-state index contributed by atoms with van der Waals surface area (Å²) in [4.78, 5) is 23.1. The van der Waals surface area contributed by atoms with Gasteiger partial charge in [-0.05, 0) is 19.3 Å². The summed E-state index contributed by atoms with van der Waals surface area (Å²) in [6.07, 6.45) is 6.31. The number of hydrogen-bond donors (Lipinski definition) is 2. The third-order valence-electron chi connectivity index (χ3n) is 3.69. The van der Waals surface area contributed by atoms with Crippen LogP contribution in [-0.2, 0) is 9.59 Å². The summed E-state index contributed by atoms with van der Waals surface area (Å²) in [5.74, 6) is -1.02. The van der Waals surface area contributed by atoms with Crippen molar-refractivity contribution < 1.29 is 14.7 Å². The predicted molar refractivity (Wildman–Crippen MR) is 65.7 cm³/mol. The van der Waals surface area contributed by atoms with Crippen LogP contribution >= 0.6 is 0 Å². The Morgan fingerprint density at radius 2 is 1.88 bits per heavy atom.